The van der Waals surface area contributed by atoms with Crippen molar-refractivity contribution < 1.29 is 9.53 Å². The van der Waals surface area contributed by atoms with E-state index in [0.717, 1.165) is 5.56 Å². The molecule has 0 saturated heterocycles. The fourth-order valence-electron chi connectivity index (χ4n) is 1.35. The van der Waals surface area contributed by atoms with Crippen LogP contribution in [-0.4, -0.2) is 24.3 Å². The molecule has 0 radical (unpaired) electrons. The molecule has 0 aliphatic carbocycles. The summed E-state index contributed by atoms with van der Waals surface area (Å²) in [6, 6.07) is 7.94. The van der Waals surface area contributed by atoms with Gasteiger partial charge in [-0.1, -0.05) is 29.8 Å². The van der Waals surface area contributed by atoms with Crippen LogP contribution in [-0.2, 0) is 9.53 Å². The zero-order valence-electron chi connectivity index (χ0n) is 10.9. The highest BCUT2D eigenvalue weighted by atomic mass is 16.6. The fourth-order valence-corrected chi connectivity index (χ4v) is 1.35. The number of esters is 1. The van der Waals surface area contributed by atoms with Crippen LogP contribution in [0.15, 0.2) is 29.3 Å². The van der Waals surface area contributed by atoms with Crippen molar-refractivity contribution in [1.29, 1.82) is 0 Å². The predicted octanol–water partition coefficient (Wildman–Crippen LogP) is 2.76. The van der Waals surface area contributed by atoms with E-state index in [4.69, 9.17) is 4.74 Å². The minimum absolute atomic E-state index is 0.0607. The van der Waals surface area contributed by atoms with Crippen LogP contribution >= 0.6 is 0 Å². The number of rotatable bonds is 3. The summed E-state index contributed by atoms with van der Waals surface area (Å²) in [6.45, 7) is 7.61. The number of nitrogens with zero attached hydrogens (tertiary/aromatic N) is 1. The molecule has 1 rings (SSSR count). The minimum atomic E-state index is -0.448. The van der Waals surface area contributed by atoms with Crippen molar-refractivity contribution in [3.05, 3.63) is 35.4 Å². The Morgan fingerprint density at radius 1 is 1.41 bits per heavy atom. The van der Waals surface area contributed by atoms with E-state index in [2.05, 4.69) is 4.99 Å². The summed E-state index contributed by atoms with van der Waals surface area (Å²) in [5, 5.41) is 0. The molecule has 0 aliphatic heterocycles. The van der Waals surface area contributed by atoms with Gasteiger partial charge in [-0.15, -0.1) is 0 Å². The smallest absolute Gasteiger partial charge is 0.328 e. The predicted molar refractivity (Wildman–Crippen MR) is 69.5 cm³/mol. The van der Waals surface area contributed by atoms with Gasteiger partial charge in [0.1, 0.15) is 12.1 Å². The lowest BCUT2D eigenvalue weighted by atomic mass is 10.1. The number of ether oxygens (including phenoxy) is 1. The van der Waals surface area contributed by atoms with E-state index >= 15 is 0 Å². The highest BCUT2D eigenvalue weighted by Crippen LogP contribution is 2.07. The van der Waals surface area contributed by atoms with Crippen LogP contribution in [0.5, 0.6) is 0 Å². The van der Waals surface area contributed by atoms with Gasteiger partial charge in [-0.05, 0) is 33.3 Å². The van der Waals surface area contributed by atoms with Crippen LogP contribution in [0.1, 0.15) is 31.9 Å². The van der Waals surface area contributed by atoms with Crippen LogP contribution in [0.4, 0.5) is 0 Å². The average Bonchev–Trinajstić information content (AvgIpc) is 2.14. The number of hydrogen-bond donors (Lipinski definition) is 0. The Kier molecular flexibility index (Phi) is 4.44. The average molecular weight is 233 g/mol. The minimum Gasteiger partial charge on any atom is -0.459 e. The lowest BCUT2D eigenvalue weighted by Crippen LogP contribution is -2.25. The van der Waals surface area contributed by atoms with E-state index in [1.807, 2.05) is 52.0 Å². The zero-order valence-corrected chi connectivity index (χ0v) is 10.9. The number of aryl methyl sites for hydroxylation is 1. The highest BCUT2D eigenvalue weighted by molar-refractivity contribution is 5.82. The van der Waals surface area contributed by atoms with Gasteiger partial charge in [0.2, 0.25) is 0 Å². The Hall–Kier alpha value is -1.64. The summed E-state index contributed by atoms with van der Waals surface area (Å²) >= 11 is 0. The third-order valence-electron chi connectivity index (χ3n) is 1.92. The molecule has 17 heavy (non-hydrogen) atoms. The summed E-state index contributed by atoms with van der Waals surface area (Å²) in [6.07, 6.45) is 1.69. The van der Waals surface area contributed by atoms with E-state index in [0.29, 0.717) is 0 Å². The molecule has 92 valence electrons. The molecule has 0 spiro atoms. The second-order valence-electron chi connectivity index (χ2n) is 4.97. The van der Waals surface area contributed by atoms with E-state index in [9.17, 15) is 4.79 Å². The van der Waals surface area contributed by atoms with Crippen molar-refractivity contribution >= 4 is 12.2 Å². The first-order valence-corrected chi connectivity index (χ1v) is 5.65. The second-order valence-corrected chi connectivity index (χ2v) is 4.97. The third-order valence-corrected chi connectivity index (χ3v) is 1.92. The molecular formula is C14H19NO2. The van der Waals surface area contributed by atoms with E-state index in [1.165, 1.54) is 5.56 Å². The number of benzene rings is 1. The Balaban J connectivity index is 2.48. The molecule has 0 N–H and O–H groups in total. The van der Waals surface area contributed by atoms with Crippen LogP contribution < -0.4 is 0 Å². The van der Waals surface area contributed by atoms with E-state index < -0.39 is 5.60 Å². The maximum Gasteiger partial charge on any atom is 0.328 e. The van der Waals surface area contributed by atoms with Gasteiger partial charge in [0, 0.05) is 6.21 Å². The summed E-state index contributed by atoms with van der Waals surface area (Å²) in [5.41, 5.74) is 1.72. The van der Waals surface area contributed by atoms with E-state index in [1.54, 1.807) is 6.21 Å². The van der Waals surface area contributed by atoms with Crippen LogP contribution in [0.3, 0.4) is 0 Å². The summed E-state index contributed by atoms with van der Waals surface area (Å²) in [7, 11) is 0. The van der Waals surface area contributed by atoms with E-state index in [-0.39, 0.29) is 12.5 Å². The van der Waals surface area contributed by atoms with Crippen LogP contribution in [0, 0.1) is 6.92 Å². The first-order valence-electron chi connectivity index (χ1n) is 5.65. The summed E-state index contributed by atoms with van der Waals surface area (Å²) in [5.74, 6) is -0.304. The molecule has 0 amide bonds. The van der Waals surface area contributed by atoms with Gasteiger partial charge in [0.05, 0.1) is 0 Å². The van der Waals surface area contributed by atoms with Crippen molar-refractivity contribution in [2.75, 3.05) is 6.54 Å². The van der Waals surface area contributed by atoms with Crippen molar-refractivity contribution in [2.45, 2.75) is 33.3 Å². The molecule has 0 atom stereocenters. The molecule has 1 aromatic carbocycles. The monoisotopic (exact) mass is 233 g/mol. The molecule has 0 aromatic heterocycles. The van der Waals surface area contributed by atoms with Gasteiger partial charge < -0.3 is 4.74 Å². The molecule has 0 unspecified atom stereocenters. The Morgan fingerprint density at radius 3 is 2.71 bits per heavy atom. The Bertz CT molecular complexity index is 416. The molecule has 0 saturated carbocycles. The fraction of sp³-hybridized carbons (Fsp3) is 0.429. The maximum atomic E-state index is 11.4. The molecular weight excluding hydrogens is 214 g/mol. The topological polar surface area (TPSA) is 38.7 Å². The molecule has 0 fully saturated rings. The Morgan fingerprint density at radius 2 is 2.12 bits per heavy atom. The summed E-state index contributed by atoms with van der Waals surface area (Å²) < 4.78 is 5.15. The number of carbonyl (C=O) groups is 1. The van der Waals surface area contributed by atoms with Gasteiger partial charge in [-0.3, -0.25) is 9.79 Å². The lowest BCUT2D eigenvalue weighted by Gasteiger charge is -2.18. The first kappa shape index (κ1) is 13.4. The molecule has 0 bridgehead atoms. The second kappa shape index (κ2) is 5.62. The normalized spacial score (nSPS) is 11.8. The Labute approximate surface area is 103 Å². The number of aliphatic imine (C=N–C) groups is 1. The number of carbonyl (C=O) groups excluding carboxylic acids is 1. The van der Waals surface area contributed by atoms with Gasteiger partial charge in [-0.2, -0.15) is 0 Å². The zero-order chi connectivity index (χ0) is 12.9. The van der Waals surface area contributed by atoms with Crippen molar-refractivity contribution in [3.63, 3.8) is 0 Å². The third kappa shape index (κ3) is 5.85. The van der Waals surface area contributed by atoms with Crippen LogP contribution in [0.25, 0.3) is 0 Å². The maximum absolute atomic E-state index is 11.4. The van der Waals surface area contributed by atoms with Gasteiger partial charge in [0.25, 0.3) is 0 Å². The standard InChI is InChI=1S/C14H19NO2/c1-11-6-5-7-12(8-11)9-15-10-13(16)17-14(2,3)4/h5-9H,10H2,1-4H3/b15-9-. The first-order chi connectivity index (χ1) is 7.87. The van der Waals surface area contributed by atoms with Crippen LogP contribution in [0.2, 0.25) is 0 Å². The van der Waals surface area contributed by atoms with Crippen molar-refractivity contribution in [2.24, 2.45) is 4.99 Å². The van der Waals surface area contributed by atoms with Crippen molar-refractivity contribution in [3.8, 4) is 0 Å². The molecule has 1 aromatic rings. The van der Waals surface area contributed by atoms with Gasteiger partial charge in [0.15, 0.2) is 0 Å². The van der Waals surface area contributed by atoms with Gasteiger partial charge >= 0.3 is 5.97 Å². The largest absolute Gasteiger partial charge is 0.459 e. The SMILES string of the molecule is Cc1cccc(/C=N\CC(=O)OC(C)(C)C)c1. The molecule has 3 heteroatoms. The number of hydrogen-bond acceptors (Lipinski definition) is 3. The summed E-state index contributed by atoms with van der Waals surface area (Å²) in [4.78, 5) is 15.4. The molecule has 0 heterocycles. The molecule has 0 aliphatic rings. The molecule has 3 nitrogen and oxygen atoms in total. The van der Waals surface area contributed by atoms with Crippen molar-refractivity contribution in [1.82, 2.24) is 0 Å². The quantitative estimate of drug-likeness (QED) is 0.594. The lowest BCUT2D eigenvalue weighted by molar-refractivity contribution is -0.152. The van der Waals surface area contributed by atoms with Gasteiger partial charge in [-0.25, -0.2) is 0 Å². The highest BCUT2D eigenvalue weighted by Gasteiger charge is 2.15.